The summed E-state index contributed by atoms with van der Waals surface area (Å²) < 4.78 is 7.01. The Labute approximate surface area is 93.7 Å². The smallest absolute Gasteiger partial charge is 0.224 e. The van der Waals surface area contributed by atoms with Crippen molar-refractivity contribution in [3.05, 3.63) is 11.8 Å². The van der Waals surface area contributed by atoms with Gasteiger partial charge in [0.2, 0.25) is 5.95 Å². The topological polar surface area (TPSA) is 68.8 Å². The molecule has 0 bridgehead atoms. The molecular formula is C10H15N5O. The summed E-state index contributed by atoms with van der Waals surface area (Å²) in [6.07, 6.45) is 0. The van der Waals surface area contributed by atoms with Gasteiger partial charge < -0.3 is 9.84 Å². The Balaban J connectivity index is 2.41. The fourth-order valence-electron chi connectivity index (χ4n) is 1.55. The van der Waals surface area contributed by atoms with Crippen molar-refractivity contribution in [3.8, 4) is 11.5 Å². The molecule has 6 nitrogen and oxygen atoms in total. The van der Waals surface area contributed by atoms with Crippen LogP contribution < -0.4 is 5.32 Å². The van der Waals surface area contributed by atoms with E-state index >= 15 is 0 Å². The second-order valence-electron chi connectivity index (χ2n) is 3.44. The van der Waals surface area contributed by atoms with E-state index in [-0.39, 0.29) is 0 Å². The summed E-state index contributed by atoms with van der Waals surface area (Å²) in [5.41, 5.74) is 0.719. The molecule has 0 unspecified atom stereocenters. The Morgan fingerprint density at radius 2 is 2.19 bits per heavy atom. The van der Waals surface area contributed by atoms with Crippen LogP contribution in [0.3, 0.4) is 0 Å². The molecule has 2 rings (SSSR count). The molecule has 0 saturated carbocycles. The van der Waals surface area contributed by atoms with E-state index in [4.69, 9.17) is 4.52 Å². The first kappa shape index (κ1) is 10.7. The fraction of sp³-hybridized carbons (Fsp3) is 0.500. The van der Waals surface area contributed by atoms with E-state index in [1.54, 1.807) is 0 Å². The van der Waals surface area contributed by atoms with Crippen molar-refractivity contribution in [2.45, 2.75) is 27.3 Å². The minimum Gasteiger partial charge on any atom is -0.361 e. The SMILES string of the molecule is CCNc1nnc(-c2cc(C)on2)n1CC. The Morgan fingerprint density at radius 1 is 1.38 bits per heavy atom. The lowest BCUT2D eigenvalue weighted by Crippen LogP contribution is -2.06. The van der Waals surface area contributed by atoms with E-state index in [0.29, 0.717) is 0 Å². The molecule has 6 heteroatoms. The van der Waals surface area contributed by atoms with Crippen LogP contribution in [0.4, 0.5) is 5.95 Å². The maximum atomic E-state index is 5.04. The lowest BCUT2D eigenvalue weighted by Gasteiger charge is -2.05. The number of hydrogen-bond acceptors (Lipinski definition) is 5. The van der Waals surface area contributed by atoms with Gasteiger partial charge in [0.05, 0.1) is 0 Å². The zero-order valence-corrected chi connectivity index (χ0v) is 9.69. The molecule has 0 aliphatic rings. The molecule has 0 amide bonds. The molecule has 1 N–H and O–H groups in total. The van der Waals surface area contributed by atoms with Gasteiger partial charge in [-0.25, -0.2) is 0 Å². The first-order valence-electron chi connectivity index (χ1n) is 5.37. The molecular weight excluding hydrogens is 206 g/mol. The van der Waals surface area contributed by atoms with Crippen LogP contribution in [0.15, 0.2) is 10.6 Å². The molecule has 0 aliphatic carbocycles. The Hall–Kier alpha value is -1.85. The van der Waals surface area contributed by atoms with Crippen molar-refractivity contribution < 1.29 is 4.52 Å². The molecule has 0 aliphatic heterocycles. The van der Waals surface area contributed by atoms with Crippen molar-refractivity contribution in [2.24, 2.45) is 0 Å². The molecule has 0 saturated heterocycles. The van der Waals surface area contributed by atoms with Crippen LogP contribution in [0.1, 0.15) is 19.6 Å². The molecule has 86 valence electrons. The van der Waals surface area contributed by atoms with Crippen LogP contribution >= 0.6 is 0 Å². The molecule has 2 heterocycles. The highest BCUT2D eigenvalue weighted by atomic mass is 16.5. The lowest BCUT2D eigenvalue weighted by molar-refractivity contribution is 0.399. The quantitative estimate of drug-likeness (QED) is 0.850. The number of aromatic nitrogens is 4. The maximum Gasteiger partial charge on any atom is 0.224 e. The van der Waals surface area contributed by atoms with E-state index in [0.717, 1.165) is 36.3 Å². The number of nitrogens with one attached hydrogen (secondary N) is 1. The van der Waals surface area contributed by atoms with Gasteiger partial charge in [-0.1, -0.05) is 5.16 Å². The normalized spacial score (nSPS) is 10.7. The third-order valence-electron chi connectivity index (χ3n) is 2.26. The van der Waals surface area contributed by atoms with Crippen LogP contribution in [-0.2, 0) is 6.54 Å². The molecule has 0 spiro atoms. The highest BCUT2D eigenvalue weighted by molar-refractivity contribution is 5.52. The molecule has 0 fully saturated rings. The van der Waals surface area contributed by atoms with Gasteiger partial charge in [0.1, 0.15) is 5.76 Å². The highest BCUT2D eigenvalue weighted by Crippen LogP contribution is 2.19. The minimum atomic E-state index is 0.719. The molecule has 0 aromatic carbocycles. The molecule has 0 radical (unpaired) electrons. The average molecular weight is 221 g/mol. The van der Waals surface area contributed by atoms with Crippen molar-refractivity contribution in [2.75, 3.05) is 11.9 Å². The van der Waals surface area contributed by atoms with Gasteiger partial charge in [0.15, 0.2) is 11.5 Å². The Kier molecular flexibility index (Phi) is 2.89. The molecule has 0 atom stereocenters. The van der Waals surface area contributed by atoms with Gasteiger partial charge in [0.25, 0.3) is 0 Å². The zero-order valence-electron chi connectivity index (χ0n) is 9.69. The first-order valence-corrected chi connectivity index (χ1v) is 5.37. The van der Waals surface area contributed by atoms with Crippen molar-refractivity contribution in [1.82, 2.24) is 19.9 Å². The Bertz CT molecular complexity index is 473. The van der Waals surface area contributed by atoms with Gasteiger partial charge in [-0.15, -0.1) is 10.2 Å². The van der Waals surface area contributed by atoms with E-state index < -0.39 is 0 Å². The van der Waals surface area contributed by atoms with Gasteiger partial charge in [-0.3, -0.25) is 4.57 Å². The lowest BCUT2D eigenvalue weighted by atomic mass is 10.3. The highest BCUT2D eigenvalue weighted by Gasteiger charge is 2.14. The van der Waals surface area contributed by atoms with Crippen LogP contribution in [-0.4, -0.2) is 26.5 Å². The molecule has 2 aromatic heterocycles. The summed E-state index contributed by atoms with van der Waals surface area (Å²) in [6, 6.07) is 1.85. The number of aryl methyl sites for hydroxylation is 1. The Morgan fingerprint density at radius 3 is 2.75 bits per heavy atom. The fourth-order valence-corrected chi connectivity index (χ4v) is 1.55. The number of rotatable bonds is 4. The summed E-state index contributed by atoms with van der Waals surface area (Å²) in [4.78, 5) is 0. The van der Waals surface area contributed by atoms with E-state index in [2.05, 4.69) is 20.7 Å². The summed E-state index contributed by atoms with van der Waals surface area (Å²) in [5, 5.41) is 15.3. The van der Waals surface area contributed by atoms with E-state index in [1.807, 2.05) is 31.4 Å². The largest absolute Gasteiger partial charge is 0.361 e. The van der Waals surface area contributed by atoms with Crippen LogP contribution in [0.5, 0.6) is 0 Å². The summed E-state index contributed by atoms with van der Waals surface area (Å²) in [6.45, 7) is 7.52. The van der Waals surface area contributed by atoms with Gasteiger partial charge >= 0.3 is 0 Å². The monoisotopic (exact) mass is 221 g/mol. The second-order valence-corrected chi connectivity index (χ2v) is 3.44. The predicted molar refractivity (Wildman–Crippen MR) is 60.1 cm³/mol. The predicted octanol–water partition coefficient (Wildman–Crippen LogP) is 1.69. The number of hydrogen-bond donors (Lipinski definition) is 1. The minimum absolute atomic E-state index is 0.719. The van der Waals surface area contributed by atoms with Crippen molar-refractivity contribution in [3.63, 3.8) is 0 Å². The average Bonchev–Trinajstić information content (AvgIpc) is 2.85. The van der Waals surface area contributed by atoms with Gasteiger partial charge in [-0.2, -0.15) is 0 Å². The second kappa shape index (κ2) is 4.34. The summed E-state index contributed by atoms with van der Waals surface area (Å²) >= 11 is 0. The van der Waals surface area contributed by atoms with Crippen LogP contribution in [0.2, 0.25) is 0 Å². The van der Waals surface area contributed by atoms with Crippen molar-refractivity contribution in [1.29, 1.82) is 0 Å². The third kappa shape index (κ3) is 1.78. The molecule has 2 aromatic rings. The van der Waals surface area contributed by atoms with Crippen molar-refractivity contribution >= 4 is 5.95 Å². The maximum absolute atomic E-state index is 5.04. The number of nitrogens with zero attached hydrogens (tertiary/aromatic N) is 4. The van der Waals surface area contributed by atoms with Crippen LogP contribution in [0.25, 0.3) is 11.5 Å². The third-order valence-corrected chi connectivity index (χ3v) is 2.26. The summed E-state index contributed by atoms with van der Waals surface area (Å²) in [5.74, 6) is 2.27. The first-order chi connectivity index (χ1) is 7.76. The zero-order chi connectivity index (χ0) is 11.5. The van der Waals surface area contributed by atoms with E-state index in [1.165, 1.54) is 0 Å². The van der Waals surface area contributed by atoms with E-state index in [9.17, 15) is 0 Å². The van der Waals surface area contributed by atoms with Gasteiger partial charge in [-0.05, 0) is 20.8 Å². The summed E-state index contributed by atoms with van der Waals surface area (Å²) in [7, 11) is 0. The van der Waals surface area contributed by atoms with Crippen LogP contribution in [0, 0.1) is 6.92 Å². The number of anilines is 1. The standard InChI is InChI=1S/C10H15N5O/c1-4-11-10-13-12-9(15(10)5-2)8-6-7(3)16-14-8/h6H,4-5H2,1-3H3,(H,11,13). The van der Waals surface area contributed by atoms with Gasteiger partial charge in [0, 0.05) is 19.2 Å². The molecule has 16 heavy (non-hydrogen) atoms.